The Kier molecular flexibility index (Phi) is 4.34. The first-order chi connectivity index (χ1) is 6.45. The zero-order valence-corrected chi connectivity index (χ0v) is 10.3. The zero-order valence-electron chi connectivity index (χ0n) is 7.40. The van der Waals surface area contributed by atoms with Crippen molar-refractivity contribution in [3.63, 3.8) is 0 Å². The number of rotatable bonds is 2. The molecule has 0 unspecified atom stereocenters. The van der Waals surface area contributed by atoms with Gasteiger partial charge in [0.2, 0.25) is 0 Å². The third-order valence-electron chi connectivity index (χ3n) is 1.57. The molecule has 3 heteroatoms. The fourth-order valence-electron chi connectivity index (χ4n) is 0.992. The van der Waals surface area contributed by atoms with Crippen LogP contribution in [0.3, 0.4) is 0 Å². The predicted octanol–water partition coefficient (Wildman–Crippen LogP) is 2.42. The van der Waals surface area contributed by atoms with Gasteiger partial charge in [0.25, 0.3) is 0 Å². The molecular formula is C11H8N2W. The molecule has 0 bridgehead atoms. The maximum absolute atomic E-state index is 4.09. The van der Waals surface area contributed by atoms with E-state index in [2.05, 4.69) is 22.4 Å². The molecule has 0 atom stereocenters. The summed E-state index contributed by atoms with van der Waals surface area (Å²) in [5, 5.41) is 3.08. The molecule has 1 heterocycles. The van der Waals surface area contributed by atoms with E-state index in [1.807, 2.05) is 36.4 Å². The minimum Gasteiger partial charge on any atom is -0.379 e. The topological polar surface area (TPSA) is 24.9 Å². The van der Waals surface area contributed by atoms with Crippen molar-refractivity contribution in [1.29, 1.82) is 0 Å². The summed E-state index contributed by atoms with van der Waals surface area (Å²) in [6.07, 6.45) is 1.72. The fraction of sp³-hybridized carbons (Fsp3) is 0. The molecule has 0 saturated heterocycles. The number of nitrogens with one attached hydrogen (secondary N) is 1. The van der Waals surface area contributed by atoms with E-state index >= 15 is 0 Å². The quantitative estimate of drug-likeness (QED) is 0.840. The second-order valence-electron chi connectivity index (χ2n) is 2.53. The number of hydrogen-bond donors (Lipinski definition) is 1. The van der Waals surface area contributed by atoms with Gasteiger partial charge in [-0.2, -0.15) is 30.3 Å². The molecule has 1 N–H and O–H groups in total. The van der Waals surface area contributed by atoms with Crippen molar-refractivity contribution >= 4 is 11.5 Å². The third-order valence-corrected chi connectivity index (χ3v) is 1.57. The van der Waals surface area contributed by atoms with E-state index in [1.165, 1.54) is 0 Å². The molecule has 0 fully saturated rings. The molecule has 1 aromatic heterocycles. The van der Waals surface area contributed by atoms with Crippen molar-refractivity contribution in [1.82, 2.24) is 4.98 Å². The molecule has 0 aliphatic carbocycles. The van der Waals surface area contributed by atoms with Gasteiger partial charge in [0.05, 0.1) is 0 Å². The largest absolute Gasteiger partial charge is 2.00 e. The van der Waals surface area contributed by atoms with Crippen LogP contribution >= 0.6 is 0 Å². The summed E-state index contributed by atoms with van der Waals surface area (Å²) >= 11 is 0. The molecule has 2 aromatic rings. The van der Waals surface area contributed by atoms with Gasteiger partial charge in [0.1, 0.15) is 0 Å². The SMILES string of the molecule is [W+2].[c-]1ccccc1Nc1[c-]cccn1. The first kappa shape index (κ1) is 10.9. The van der Waals surface area contributed by atoms with Crippen molar-refractivity contribution in [2.45, 2.75) is 0 Å². The van der Waals surface area contributed by atoms with Crippen LogP contribution in [0.4, 0.5) is 11.5 Å². The van der Waals surface area contributed by atoms with Gasteiger partial charge in [-0.3, -0.25) is 4.98 Å². The summed E-state index contributed by atoms with van der Waals surface area (Å²) in [5.74, 6) is 0.713. The maximum atomic E-state index is 4.09. The Bertz CT molecular complexity index is 324. The van der Waals surface area contributed by atoms with Gasteiger partial charge in [-0.05, 0) is 0 Å². The Morgan fingerprint density at radius 2 is 1.93 bits per heavy atom. The second kappa shape index (κ2) is 5.56. The first-order valence-electron chi connectivity index (χ1n) is 4.01. The summed E-state index contributed by atoms with van der Waals surface area (Å²) in [7, 11) is 0. The van der Waals surface area contributed by atoms with Gasteiger partial charge >= 0.3 is 21.1 Å². The summed E-state index contributed by atoms with van der Waals surface area (Å²) in [6, 6.07) is 17.3. The van der Waals surface area contributed by atoms with E-state index in [4.69, 9.17) is 0 Å². The molecule has 1 aromatic carbocycles. The zero-order chi connectivity index (χ0) is 8.93. The van der Waals surface area contributed by atoms with Crippen LogP contribution in [0.5, 0.6) is 0 Å². The number of nitrogens with zero attached hydrogens (tertiary/aromatic N) is 1. The number of hydrogen-bond acceptors (Lipinski definition) is 2. The Hall–Kier alpha value is -1.14. The standard InChI is InChI=1S/C11H8N2.W/c1-2-6-10(7-3-1)13-11-8-4-5-9-12-11;/h1-6,9H,(H,12,13);/q-2;+2. The minimum atomic E-state index is 0. The van der Waals surface area contributed by atoms with Crippen LogP contribution in [-0.2, 0) is 21.1 Å². The van der Waals surface area contributed by atoms with Crippen molar-refractivity contribution < 1.29 is 21.1 Å². The predicted molar refractivity (Wildman–Crippen MR) is 51.6 cm³/mol. The molecule has 68 valence electrons. The van der Waals surface area contributed by atoms with Gasteiger partial charge in [-0.1, -0.05) is 11.9 Å². The van der Waals surface area contributed by atoms with Crippen LogP contribution in [0, 0.1) is 12.1 Å². The number of aromatic nitrogens is 1. The number of anilines is 2. The van der Waals surface area contributed by atoms with Gasteiger partial charge in [-0.25, -0.2) is 12.1 Å². The Morgan fingerprint density at radius 1 is 1.07 bits per heavy atom. The number of benzene rings is 1. The molecule has 14 heavy (non-hydrogen) atoms. The molecule has 0 radical (unpaired) electrons. The first-order valence-corrected chi connectivity index (χ1v) is 4.01. The van der Waals surface area contributed by atoms with Crippen LogP contribution in [0.1, 0.15) is 0 Å². The second-order valence-corrected chi connectivity index (χ2v) is 2.53. The molecule has 0 amide bonds. The smallest absolute Gasteiger partial charge is 0.379 e. The van der Waals surface area contributed by atoms with Crippen LogP contribution < -0.4 is 5.32 Å². The molecule has 2 nitrogen and oxygen atoms in total. The maximum Gasteiger partial charge on any atom is 2.00 e. The van der Waals surface area contributed by atoms with Crippen LogP contribution in [0.15, 0.2) is 42.6 Å². The summed E-state index contributed by atoms with van der Waals surface area (Å²) in [4.78, 5) is 4.09. The van der Waals surface area contributed by atoms with Crippen molar-refractivity contribution in [2.75, 3.05) is 5.32 Å². The molecule has 0 aliphatic heterocycles. The van der Waals surface area contributed by atoms with Crippen LogP contribution in [-0.4, -0.2) is 4.98 Å². The number of para-hydroxylation sites is 1. The summed E-state index contributed by atoms with van der Waals surface area (Å²) < 4.78 is 0. The average molecular weight is 352 g/mol. The number of pyridine rings is 1. The van der Waals surface area contributed by atoms with E-state index in [9.17, 15) is 0 Å². The van der Waals surface area contributed by atoms with Crippen molar-refractivity contribution in [3.8, 4) is 0 Å². The average Bonchev–Trinajstić information content (AvgIpc) is 2.21. The van der Waals surface area contributed by atoms with E-state index in [1.54, 1.807) is 6.20 Å². The Labute approximate surface area is 97.6 Å². The molecule has 0 spiro atoms. The molecule has 2 rings (SSSR count). The molecule has 0 saturated carbocycles. The molecular weight excluding hydrogens is 344 g/mol. The summed E-state index contributed by atoms with van der Waals surface area (Å²) in [6.45, 7) is 0. The van der Waals surface area contributed by atoms with Crippen molar-refractivity contribution in [2.24, 2.45) is 0 Å². The normalized spacial score (nSPS) is 8.86. The van der Waals surface area contributed by atoms with E-state index < -0.39 is 0 Å². The fourth-order valence-corrected chi connectivity index (χ4v) is 0.992. The Morgan fingerprint density at radius 3 is 2.57 bits per heavy atom. The van der Waals surface area contributed by atoms with Crippen LogP contribution in [0.25, 0.3) is 0 Å². The van der Waals surface area contributed by atoms with E-state index in [-0.39, 0.29) is 21.1 Å². The molecule has 0 aliphatic rings. The van der Waals surface area contributed by atoms with Gasteiger partial charge < -0.3 is 5.32 Å². The monoisotopic (exact) mass is 352 g/mol. The van der Waals surface area contributed by atoms with E-state index in [0.29, 0.717) is 5.82 Å². The minimum absolute atomic E-state index is 0. The third kappa shape index (κ3) is 2.97. The summed E-state index contributed by atoms with van der Waals surface area (Å²) in [5.41, 5.74) is 0.900. The van der Waals surface area contributed by atoms with Gasteiger partial charge in [-0.15, -0.1) is 6.07 Å². The van der Waals surface area contributed by atoms with Gasteiger partial charge in [0, 0.05) is 5.82 Å². The van der Waals surface area contributed by atoms with E-state index in [0.717, 1.165) is 5.69 Å². The van der Waals surface area contributed by atoms with Crippen LogP contribution in [0.2, 0.25) is 0 Å². The van der Waals surface area contributed by atoms with Gasteiger partial charge in [0.15, 0.2) is 0 Å². The Balaban J connectivity index is 0.000000980. The van der Waals surface area contributed by atoms with Crippen molar-refractivity contribution in [3.05, 3.63) is 54.7 Å².